The molecule has 0 saturated heterocycles. The number of rotatable bonds is 2. The van der Waals surface area contributed by atoms with Gasteiger partial charge in [0.15, 0.2) is 0 Å². The van der Waals surface area contributed by atoms with Gasteiger partial charge in [-0.3, -0.25) is 26.0 Å². The van der Waals surface area contributed by atoms with E-state index < -0.39 is 15.5 Å². The summed E-state index contributed by atoms with van der Waals surface area (Å²) < 4.78 is 0. The number of nitrogens with two attached hydrogens (primary N) is 1. The molecular formula is C7H9N3O4. The topological polar surface area (TPSA) is 112 Å². The van der Waals surface area contributed by atoms with Crippen LogP contribution in [0.25, 0.3) is 0 Å². The smallest absolute Gasteiger partial charge is 0.262 e. The maximum absolute atomic E-state index is 10.5. The van der Waals surface area contributed by atoms with Gasteiger partial charge in [-0.15, -0.1) is 0 Å². The van der Waals surface area contributed by atoms with Crippen LogP contribution in [0.3, 0.4) is 0 Å². The summed E-state index contributed by atoms with van der Waals surface area (Å²) >= 11 is 0. The van der Waals surface area contributed by atoms with Crippen LogP contribution in [-0.4, -0.2) is 15.5 Å². The Labute approximate surface area is 79.2 Å². The molecule has 1 unspecified atom stereocenters. The lowest BCUT2D eigenvalue weighted by atomic mass is 9.96. The Morgan fingerprint density at radius 2 is 2.07 bits per heavy atom. The minimum Gasteiger partial charge on any atom is -0.262 e. The predicted octanol–water partition coefficient (Wildman–Crippen LogP) is 0.429. The molecule has 14 heavy (non-hydrogen) atoms. The summed E-state index contributed by atoms with van der Waals surface area (Å²) in [6, 6.07) is 0. The van der Waals surface area contributed by atoms with E-state index in [1.54, 1.807) is 0 Å². The van der Waals surface area contributed by atoms with Gasteiger partial charge in [0, 0.05) is 16.6 Å². The van der Waals surface area contributed by atoms with Gasteiger partial charge < -0.3 is 0 Å². The first kappa shape index (κ1) is 10.3. The molecule has 1 atom stereocenters. The van der Waals surface area contributed by atoms with E-state index in [9.17, 15) is 20.2 Å². The van der Waals surface area contributed by atoms with Gasteiger partial charge in [0.1, 0.15) is 6.42 Å². The second-order valence-corrected chi connectivity index (χ2v) is 3.15. The normalized spacial score (nSPS) is 26.4. The van der Waals surface area contributed by atoms with E-state index in [4.69, 9.17) is 5.73 Å². The van der Waals surface area contributed by atoms with Crippen LogP contribution in [0.15, 0.2) is 23.4 Å². The standard InChI is InChI=1S/C7H9N3O4/c1-5-2-3-7(8,10(13)14)4-6(5)9(11)12/h2-3H,4,8H2,1H3. The Bertz CT molecular complexity index is 360. The molecule has 0 radical (unpaired) electrons. The molecule has 0 spiro atoms. The number of nitrogens with zero attached hydrogens (tertiary/aromatic N) is 2. The highest BCUT2D eigenvalue weighted by atomic mass is 16.6. The van der Waals surface area contributed by atoms with Crippen LogP contribution in [0.4, 0.5) is 0 Å². The first-order valence-electron chi connectivity index (χ1n) is 3.83. The van der Waals surface area contributed by atoms with Gasteiger partial charge in [-0.2, -0.15) is 0 Å². The van der Waals surface area contributed by atoms with Crippen molar-refractivity contribution in [3.05, 3.63) is 43.7 Å². The molecule has 0 aromatic carbocycles. The summed E-state index contributed by atoms with van der Waals surface area (Å²) in [7, 11) is 0. The Morgan fingerprint density at radius 1 is 1.50 bits per heavy atom. The van der Waals surface area contributed by atoms with Gasteiger partial charge in [-0.25, -0.2) is 0 Å². The van der Waals surface area contributed by atoms with Crippen molar-refractivity contribution in [1.29, 1.82) is 0 Å². The van der Waals surface area contributed by atoms with Crippen LogP contribution in [0.1, 0.15) is 13.3 Å². The molecule has 0 fully saturated rings. The first-order chi connectivity index (χ1) is 6.37. The predicted molar refractivity (Wildman–Crippen MR) is 47.4 cm³/mol. The van der Waals surface area contributed by atoms with Gasteiger partial charge in [-0.1, -0.05) is 0 Å². The van der Waals surface area contributed by atoms with E-state index in [-0.39, 0.29) is 12.1 Å². The fourth-order valence-electron chi connectivity index (χ4n) is 1.17. The highest BCUT2D eigenvalue weighted by Crippen LogP contribution is 2.25. The van der Waals surface area contributed by atoms with E-state index in [1.807, 2.05) is 0 Å². The molecule has 0 saturated carbocycles. The van der Waals surface area contributed by atoms with Crippen molar-refractivity contribution >= 4 is 0 Å². The molecule has 0 aliphatic heterocycles. The van der Waals surface area contributed by atoms with Gasteiger partial charge in [0.2, 0.25) is 0 Å². The maximum atomic E-state index is 10.5. The molecule has 1 rings (SSSR count). The third-order valence-corrected chi connectivity index (χ3v) is 2.09. The van der Waals surface area contributed by atoms with Crippen molar-refractivity contribution in [2.24, 2.45) is 5.73 Å². The molecule has 0 amide bonds. The molecule has 76 valence electrons. The molecule has 0 bridgehead atoms. The SMILES string of the molecule is CC1=C([N+](=O)[O-])CC(N)([N+](=O)[O-])C=C1. The molecule has 2 N–H and O–H groups in total. The molecule has 7 nitrogen and oxygen atoms in total. The number of hydrogen-bond donors (Lipinski definition) is 1. The van der Waals surface area contributed by atoms with Crippen molar-refractivity contribution in [3.63, 3.8) is 0 Å². The zero-order chi connectivity index (χ0) is 10.9. The molecule has 1 aliphatic rings. The summed E-state index contributed by atoms with van der Waals surface area (Å²) in [4.78, 5) is 19.7. The molecule has 7 heteroatoms. The van der Waals surface area contributed by atoms with E-state index in [0.717, 1.165) is 0 Å². The van der Waals surface area contributed by atoms with Crippen LogP contribution in [0.5, 0.6) is 0 Å². The van der Waals surface area contributed by atoms with Crippen molar-refractivity contribution in [1.82, 2.24) is 0 Å². The monoisotopic (exact) mass is 199 g/mol. The van der Waals surface area contributed by atoms with Crippen LogP contribution in [0.2, 0.25) is 0 Å². The minimum absolute atomic E-state index is 0.202. The summed E-state index contributed by atoms with van der Waals surface area (Å²) in [5.74, 6) is 0. The Morgan fingerprint density at radius 3 is 2.50 bits per heavy atom. The summed E-state index contributed by atoms with van der Waals surface area (Å²) in [6.45, 7) is 1.52. The van der Waals surface area contributed by atoms with E-state index in [1.165, 1.54) is 19.1 Å². The van der Waals surface area contributed by atoms with Gasteiger partial charge >= 0.3 is 5.66 Å². The van der Waals surface area contributed by atoms with Crippen molar-refractivity contribution in [2.45, 2.75) is 19.0 Å². The van der Waals surface area contributed by atoms with Gasteiger partial charge in [0.05, 0.1) is 4.92 Å². The van der Waals surface area contributed by atoms with Gasteiger partial charge in [0.25, 0.3) is 5.70 Å². The van der Waals surface area contributed by atoms with Crippen LogP contribution >= 0.6 is 0 Å². The van der Waals surface area contributed by atoms with E-state index in [2.05, 4.69) is 0 Å². The second-order valence-electron chi connectivity index (χ2n) is 3.15. The lowest BCUT2D eigenvalue weighted by Crippen LogP contribution is -2.47. The zero-order valence-electron chi connectivity index (χ0n) is 7.47. The fourth-order valence-corrected chi connectivity index (χ4v) is 1.17. The van der Waals surface area contributed by atoms with Crippen LogP contribution < -0.4 is 5.73 Å². The third kappa shape index (κ3) is 1.62. The van der Waals surface area contributed by atoms with E-state index >= 15 is 0 Å². The van der Waals surface area contributed by atoms with Gasteiger partial charge in [-0.05, 0) is 13.0 Å². The lowest BCUT2D eigenvalue weighted by Gasteiger charge is -2.18. The maximum Gasteiger partial charge on any atom is 0.301 e. The quantitative estimate of drug-likeness (QED) is 0.393. The third-order valence-electron chi connectivity index (χ3n) is 2.09. The first-order valence-corrected chi connectivity index (χ1v) is 3.83. The van der Waals surface area contributed by atoms with Crippen LogP contribution in [-0.2, 0) is 0 Å². The number of nitro groups is 2. The molecule has 0 heterocycles. The summed E-state index contributed by atoms with van der Waals surface area (Å²) in [5.41, 5.74) is 3.72. The largest absolute Gasteiger partial charge is 0.301 e. The summed E-state index contributed by atoms with van der Waals surface area (Å²) in [5, 5.41) is 21.0. The molecule has 1 aliphatic carbocycles. The Kier molecular flexibility index (Phi) is 2.35. The fraction of sp³-hybridized carbons (Fsp3) is 0.429. The highest BCUT2D eigenvalue weighted by Gasteiger charge is 2.42. The Balaban J connectivity index is 3.07. The highest BCUT2D eigenvalue weighted by molar-refractivity contribution is 5.28. The number of hydrogen-bond acceptors (Lipinski definition) is 5. The van der Waals surface area contributed by atoms with Crippen molar-refractivity contribution in [2.75, 3.05) is 0 Å². The number of allylic oxidation sites excluding steroid dienone is 2. The summed E-state index contributed by atoms with van der Waals surface area (Å²) in [6.07, 6.45) is 2.11. The average molecular weight is 199 g/mol. The van der Waals surface area contributed by atoms with Crippen LogP contribution in [0, 0.1) is 20.2 Å². The lowest BCUT2D eigenvalue weighted by molar-refractivity contribution is -0.560. The van der Waals surface area contributed by atoms with Crippen molar-refractivity contribution in [3.8, 4) is 0 Å². The minimum atomic E-state index is -1.85. The zero-order valence-corrected chi connectivity index (χ0v) is 7.47. The molecule has 0 aromatic rings. The van der Waals surface area contributed by atoms with E-state index in [0.29, 0.717) is 5.57 Å². The molecular weight excluding hydrogens is 190 g/mol. The van der Waals surface area contributed by atoms with Crippen molar-refractivity contribution < 1.29 is 9.85 Å². The Hall–Kier alpha value is -1.76. The molecule has 0 aromatic heterocycles. The second kappa shape index (κ2) is 3.18. The average Bonchev–Trinajstić information content (AvgIpc) is 2.09.